The quantitative estimate of drug-likeness (QED) is 0.302. The Morgan fingerprint density at radius 3 is 2.82 bits per heavy atom. The average Bonchev–Trinajstić information content (AvgIpc) is 3.23. The lowest BCUT2D eigenvalue weighted by molar-refractivity contribution is 0.0563. The Labute approximate surface area is 203 Å². The van der Waals surface area contributed by atoms with E-state index >= 15 is 0 Å². The Hall–Kier alpha value is -2.66. The van der Waals surface area contributed by atoms with Crippen LogP contribution in [0.3, 0.4) is 0 Å². The Balaban J connectivity index is 1.67. The van der Waals surface area contributed by atoms with Gasteiger partial charge in [0.15, 0.2) is 5.82 Å². The molecule has 1 aliphatic rings. The van der Waals surface area contributed by atoms with Crippen molar-refractivity contribution in [3.63, 3.8) is 0 Å². The number of carbonyl (C=O) groups is 1. The number of aromatic nitrogens is 6. The third kappa shape index (κ3) is 5.35. The predicted molar refractivity (Wildman–Crippen MR) is 129 cm³/mol. The van der Waals surface area contributed by atoms with E-state index in [-0.39, 0.29) is 17.8 Å². The van der Waals surface area contributed by atoms with Gasteiger partial charge in [-0.05, 0) is 74.6 Å². The molecule has 3 aromatic rings. The van der Waals surface area contributed by atoms with Crippen molar-refractivity contribution < 1.29 is 13.9 Å². The Morgan fingerprint density at radius 1 is 1.35 bits per heavy atom. The summed E-state index contributed by atoms with van der Waals surface area (Å²) in [5.41, 5.74) is 3.04. The number of esters is 1. The van der Waals surface area contributed by atoms with Gasteiger partial charge in [0.2, 0.25) is 5.76 Å². The number of carbonyl (C=O) groups excluding carboxylic acids is 1. The zero-order valence-electron chi connectivity index (χ0n) is 20.4. The molecule has 0 bridgehead atoms. The molecule has 3 heterocycles. The number of aryl methyl sites for hydroxylation is 2. The van der Waals surface area contributed by atoms with Crippen molar-refractivity contribution in [2.24, 2.45) is 0 Å². The number of hydrogen-bond donors (Lipinski definition) is 1. The van der Waals surface area contributed by atoms with Crippen molar-refractivity contribution in [3.8, 4) is 0 Å². The van der Waals surface area contributed by atoms with Gasteiger partial charge < -0.3 is 9.15 Å². The van der Waals surface area contributed by atoms with Crippen molar-refractivity contribution in [1.82, 2.24) is 35.3 Å². The van der Waals surface area contributed by atoms with E-state index in [0.717, 1.165) is 41.5 Å². The lowest BCUT2D eigenvalue weighted by Gasteiger charge is -2.21. The molecule has 184 valence electrons. The SMILES string of the molecule is COC(=O)c1cc(CNC(c2nnnn2CCCSC)c2cc(C3CC3)nn2C(C)C)c(C)o1. The molecule has 0 aromatic carbocycles. The first-order valence-electron chi connectivity index (χ1n) is 11.7. The number of methoxy groups -OCH3 is 1. The fourth-order valence-electron chi connectivity index (χ4n) is 4.01. The van der Waals surface area contributed by atoms with Crippen LogP contribution in [0, 0.1) is 6.92 Å². The van der Waals surface area contributed by atoms with Gasteiger partial charge in [0, 0.05) is 30.6 Å². The van der Waals surface area contributed by atoms with Crippen molar-refractivity contribution in [2.45, 2.75) is 71.1 Å². The lowest BCUT2D eigenvalue weighted by atomic mass is 10.1. The lowest BCUT2D eigenvalue weighted by Crippen LogP contribution is -2.28. The van der Waals surface area contributed by atoms with E-state index < -0.39 is 5.97 Å². The second-order valence-electron chi connectivity index (χ2n) is 8.91. The summed E-state index contributed by atoms with van der Waals surface area (Å²) < 4.78 is 14.4. The minimum Gasteiger partial charge on any atom is -0.463 e. The summed E-state index contributed by atoms with van der Waals surface area (Å²) in [6, 6.07) is 3.83. The van der Waals surface area contributed by atoms with Crippen molar-refractivity contribution in [3.05, 3.63) is 46.4 Å². The highest BCUT2D eigenvalue weighted by molar-refractivity contribution is 7.98. The van der Waals surface area contributed by atoms with E-state index in [0.29, 0.717) is 18.2 Å². The standard InChI is InChI=1S/C23H33N7O3S/c1-14(2)30-19(12-18(26-30)16-7-8-16)21(22-25-27-28-29(22)9-6-10-34-5)24-13-17-11-20(23(31)32-4)33-15(17)3/h11-12,14,16,21,24H,6-10,13H2,1-5H3. The van der Waals surface area contributed by atoms with Gasteiger partial charge in [0.1, 0.15) is 11.8 Å². The summed E-state index contributed by atoms with van der Waals surface area (Å²) in [6.45, 7) is 7.32. The van der Waals surface area contributed by atoms with Crippen molar-refractivity contribution >= 4 is 17.7 Å². The molecule has 10 nitrogen and oxygen atoms in total. The highest BCUT2D eigenvalue weighted by Crippen LogP contribution is 2.40. The maximum Gasteiger partial charge on any atom is 0.373 e. The highest BCUT2D eigenvalue weighted by atomic mass is 32.2. The molecule has 0 radical (unpaired) electrons. The number of hydrogen-bond acceptors (Lipinski definition) is 9. The van der Waals surface area contributed by atoms with Crippen LogP contribution in [0.4, 0.5) is 0 Å². The highest BCUT2D eigenvalue weighted by Gasteiger charge is 2.32. The summed E-state index contributed by atoms with van der Waals surface area (Å²) in [6.07, 6.45) is 5.44. The van der Waals surface area contributed by atoms with E-state index in [1.807, 2.05) is 23.4 Å². The van der Waals surface area contributed by atoms with Crippen molar-refractivity contribution in [1.29, 1.82) is 0 Å². The monoisotopic (exact) mass is 487 g/mol. The van der Waals surface area contributed by atoms with Gasteiger partial charge in [-0.1, -0.05) is 0 Å². The normalized spacial score (nSPS) is 14.6. The summed E-state index contributed by atoms with van der Waals surface area (Å²) in [4.78, 5) is 11.9. The van der Waals surface area contributed by atoms with E-state index in [9.17, 15) is 4.79 Å². The minimum absolute atomic E-state index is 0.189. The van der Waals surface area contributed by atoms with E-state index in [4.69, 9.17) is 14.3 Å². The van der Waals surface area contributed by atoms with Gasteiger partial charge in [-0.15, -0.1) is 5.10 Å². The smallest absolute Gasteiger partial charge is 0.373 e. The van der Waals surface area contributed by atoms with Crippen LogP contribution in [-0.4, -0.2) is 55.1 Å². The number of nitrogens with one attached hydrogen (secondary N) is 1. The molecule has 4 rings (SSSR count). The van der Waals surface area contributed by atoms with Crippen LogP contribution in [0.1, 0.15) is 90.2 Å². The zero-order valence-corrected chi connectivity index (χ0v) is 21.3. The van der Waals surface area contributed by atoms with Crippen LogP contribution < -0.4 is 5.32 Å². The van der Waals surface area contributed by atoms with Gasteiger partial charge in [0.25, 0.3) is 0 Å². The molecule has 1 atom stereocenters. The maximum absolute atomic E-state index is 11.9. The molecular weight excluding hydrogens is 454 g/mol. The van der Waals surface area contributed by atoms with Gasteiger partial charge in [-0.2, -0.15) is 16.9 Å². The summed E-state index contributed by atoms with van der Waals surface area (Å²) in [5, 5.41) is 21.2. The topological polar surface area (TPSA) is 113 Å². The summed E-state index contributed by atoms with van der Waals surface area (Å²) in [7, 11) is 1.34. The second kappa shape index (κ2) is 10.7. The molecule has 0 saturated heterocycles. The van der Waals surface area contributed by atoms with Gasteiger partial charge in [0.05, 0.1) is 18.5 Å². The molecule has 1 fully saturated rings. The molecule has 1 N–H and O–H groups in total. The number of rotatable bonds is 12. The van der Waals surface area contributed by atoms with E-state index in [1.165, 1.54) is 20.0 Å². The zero-order chi connectivity index (χ0) is 24.2. The number of furan rings is 1. The third-order valence-corrected chi connectivity index (χ3v) is 6.70. The molecule has 3 aromatic heterocycles. The van der Waals surface area contributed by atoms with Crippen LogP contribution in [0.5, 0.6) is 0 Å². The Morgan fingerprint density at radius 2 is 2.15 bits per heavy atom. The van der Waals surface area contributed by atoms with Crippen LogP contribution in [0.25, 0.3) is 0 Å². The molecule has 11 heteroatoms. The first kappa shape index (κ1) is 24.5. The fourth-order valence-corrected chi connectivity index (χ4v) is 4.43. The van der Waals surface area contributed by atoms with Crippen molar-refractivity contribution in [2.75, 3.05) is 19.1 Å². The largest absolute Gasteiger partial charge is 0.463 e. The maximum atomic E-state index is 11.9. The molecule has 0 amide bonds. The third-order valence-electron chi connectivity index (χ3n) is 6.00. The molecule has 34 heavy (non-hydrogen) atoms. The number of tetrazole rings is 1. The summed E-state index contributed by atoms with van der Waals surface area (Å²) in [5.74, 6) is 2.70. The van der Waals surface area contributed by atoms with E-state index in [1.54, 1.807) is 6.07 Å². The molecule has 1 saturated carbocycles. The van der Waals surface area contributed by atoms with E-state index in [2.05, 4.69) is 51.7 Å². The average molecular weight is 488 g/mol. The minimum atomic E-state index is -0.490. The number of ether oxygens (including phenoxy) is 1. The Bertz CT molecular complexity index is 1120. The predicted octanol–water partition coefficient (Wildman–Crippen LogP) is 3.65. The molecule has 0 aliphatic heterocycles. The number of thioether (sulfide) groups is 1. The Kier molecular flexibility index (Phi) is 7.72. The first-order valence-corrected chi connectivity index (χ1v) is 13.1. The van der Waals surface area contributed by atoms with Crippen LogP contribution in [0.2, 0.25) is 0 Å². The van der Waals surface area contributed by atoms with Crippen LogP contribution in [-0.2, 0) is 17.8 Å². The van der Waals surface area contributed by atoms with Gasteiger partial charge in [-0.3, -0.25) is 10.00 Å². The second-order valence-corrected chi connectivity index (χ2v) is 9.90. The first-order chi connectivity index (χ1) is 16.4. The number of nitrogens with zero attached hydrogens (tertiary/aromatic N) is 6. The van der Waals surface area contributed by atoms with Crippen LogP contribution >= 0.6 is 11.8 Å². The molecule has 1 unspecified atom stereocenters. The molecule has 0 spiro atoms. The fraction of sp³-hybridized carbons (Fsp3) is 0.609. The molecular formula is C23H33N7O3S. The van der Waals surface area contributed by atoms with Gasteiger partial charge >= 0.3 is 5.97 Å². The summed E-state index contributed by atoms with van der Waals surface area (Å²) >= 11 is 1.81. The van der Waals surface area contributed by atoms with Gasteiger partial charge in [-0.25, -0.2) is 9.48 Å². The molecule has 1 aliphatic carbocycles. The van der Waals surface area contributed by atoms with Crippen LogP contribution in [0.15, 0.2) is 16.5 Å².